The summed E-state index contributed by atoms with van der Waals surface area (Å²) in [5.41, 5.74) is 1.06. The summed E-state index contributed by atoms with van der Waals surface area (Å²) < 4.78 is 10.1. The molecule has 0 aliphatic carbocycles. The van der Waals surface area contributed by atoms with Gasteiger partial charge < -0.3 is 19.9 Å². The molecule has 1 heterocycles. The number of aryl methyl sites for hydroxylation is 1. The second-order valence-electron chi connectivity index (χ2n) is 4.38. The number of anilines is 1. The molecule has 1 aromatic carbocycles. The summed E-state index contributed by atoms with van der Waals surface area (Å²) in [6, 6.07) is 9.43. The number of carbonyl (C=O) groups excluding carboxylic acids is 1. The minimum absolute atomic E-state index is 0.117. The number of quaternary nitrogens is 1. The zero-order valence-corrected chi connectivity index (χ0v) is 11.6. The number of hydrogen-bond acceptors (Lipinski definition) is 4. The molecule has 6 heteroatoms. The van der Waals surface area contributed by atoms with E-state index in [4.69, 9.17) is 9.26 Å². The third-order valence-corrected chi connectivity index (χ3v) is 2.78. The summed E-state index contributed by atoms with van der Waals surface area (Å²) in [5.74, 6) is 1.82. The predicted molar refractivity (Wildman–Crippen MR) is 73.4 cm³/mol. The molecule has 0 atom stereocenters. The van der Waals surface area contributed by atoms with Crippen LogP contribution in [0.1, 0.15) is 11.3 Å². The Kier molecular flexibility index (Phi) is 4.73. The highest BCUT2D eigenvalue weighted by molar-refractivity contribution is 5.90. The molecule has 1 aromatic heterocycles. The van der Waals surface area contributed by atoms with Gasteiger partial charge in [0.2, 0.25) is 0 Å². The average molecular weight is 276 g/mol. The predicted octanol–water partition coefficient (Wildman–Crippen LogP) is 0.694. The van der Waals surface area contributed by atoms with Crippen molar-refractivity contribution in [3.8, 4) is 5.75 Å². The standard InChI is InChI=1S/C14H17N3O3/c1-10-7-13(17-20-10)16-14(18)9-15-8-11-5-3-4-6-12(11)19-2/h3-7,15H,8-9H2,1-2H3,(H,16,17,18)/p+1. The fourth-order valence-corrected chi connectivity index (χ4v) is 1.85. The van der Waals surface area contributed by atoms with Gasteiger partial charge in [-0.2, -0.15) is 0 Å². The van der Waals surface area contributed by atoms with Crippen LogP contribution in [0.4, 0.5) is 5.82 Å². The Hall–Kier alpha value is -2.34. The van der Waals surface area contributed by atoms with Gasteiger partial charge in [-0.15, -0.1) is 0 Å². The highest BCUT2D eigenvalue weighted by Crippen LogP contribution is 2.15. The van der Waals surface area contributed by atoms with Crippen LogP contribution in [0, 0.1) is 6.92 Å². The van der Waals surface area contributed by atoms with Crippen molar-refractivity contribution in [3.05, 3.63) is 41.7 Å². The topological polar surface area (TPSA) is 81.0 Å². The first-order chi connectivity index (χ1) is 9.69. The number of hydrogen-bond donors (Lipinski definition) is 2. The summed E-state index contributed by atoms with van der Waals surface area (Å²) in [7, 11) is 1.64. The lowest BCUT2D eigenvalue weighted by atomic mass is 10.2. The Labute approximate surface area is 117 Å². The van der Waals surface area contributed by atoms with Gasteiger partial charge in [-0.3, -0.25) is 4.79 Å². The van der Waals surface area contributed by atoms with E-state index in [1.807, 2.05) is 29.6 Å². The molecule has 0 fully saturated rings. The van der Waals surface area contributed by atoms with E-state index in [2.05, 4.69) is 10.5 Å². The average Bonchev–Trinajstić information content (AvgIpc) is 2.84. The molecule has 0 saturated carbocycles. The van der Waals surface area contributed by atoms with Crippen LogP contribution in [0.5, 0.6) is 5.75 Å². The van der Waals surface area contributed by atoms with Gasteiger partial charge in [0.25, 0.3) is 5.91 Å². The van der Waals surface area contributed by atoms with Crippen LogP contribution in [0.15, 0.2) is 34.9 Å². The third kappa shape index (κ3) is 3.83. The number of aromatic nitrogens is 1. The fourth-order valence-electron chi connectivity index (χ4n) is 1.85. The minimum atomic E-state index is -0.117. The van der Waals surface area contributed by atoms with Crippen molar-refractivity contribution in [2.75, 3.05) is 19.0 Å². The molecule has 0 unspecified atom stereocenters. The molecule has 20 heavy (non-hydrogen) atoms. The van der Waals surface area contributed by atoms with Crippen molar-refractivity contribution >= 4 is 11.7 Å². The molecule has 2 aromatic rings. The molecule has 0 aliphatic heterocycles. The van der Waals surface area contributed by atoms with E-state index in [-0.39, 0.29) is 5.91 Å². The van der Waals surface area contributed by atoms with E-state index in [0.717, 1.165) is 11.3 Å². The number of amides is 1. The second-order valence-corrected chi connectivity index (χ2v) is 4.38. The van der Waals surface area contributed by atoms with E-state index in [1.54, 1.807) is 20.1 Å². The summed E-state index contributed by atoms with van der Waals surface area (Å²) in [4.78, 5) is 11.7. The van der Waals surface area contributed by atoms with Crippen LogP contribution < -0.4 is 15.4 Å². The number of rotatable bonds is 6. The number of benzene rings is 1. The van der Waals surface area contributed by atoms with E-state index in [0.29, 0.717) is 24.7 Å². The van der Waals surface area contributed by atoms with Crippen LogP contribution in [-0.4, -0.2) is 24.7 Å². The molecule has 0 saturated heterocycles. The Morgan fingerprint density at radius 2 is 2.25 bits per heavy atom. The summed E-state index contributed by atoms with van der Waals surface area (Å²) >= 11 is 0. The van der Waals surface area contributed by atoms with Gasteiger partial charge >= 0.3 is 0 Å². The van der Waals surface area contributed by atoms with Gasteiger partial charge in [-0.05, 0) is 19.1 Å². The van der Waals surface area contributed by atoms with Crippen molar-refractivity contribution in [1.82, 2.24) is 5.16 Å². The molecular weight excluding hydrogens is 258 g/mol. The van der Waals surface area contributed by atoms with Crippen molar-refractivity contribution < 1.29 is 19.4 Å². The minimum Gasteiger partial charge on any atom is -0.496 e. The number of nitrogens with zero attached hydrogens (tertiary/aromatic N) is 1. The Morgan fingerprint density at radius 1 is 1.45 bits per heavy atom. The zero-order valence-electron chi connectivity index (χ0n) is 11.6. The number of carbonyl (C=O) groups is 1. The SMILES string of the molecule is COc1ccccc1C[NH2+]CC(=O)Nc1cc(C)on1. The third-order valence-electron chi connectivity index (χ3n) is 2.78. The largest absolute Gasteiger partial charge is 0.496 e. The number of ether oxygens (including phenoxy) is 1. The first kappa shape index (κ1) is 14.1. The van der Waals surface area contributed by atoms with Crippen LogP contribution in [0.2, 0.25) is 0 Å². The van der Waals surface area contributed by atoms with E-state index < -0.39 is 0 Å². The zero-order chi connectivity index (χ0) is 14.4. The summed E-state index contributed by atoms with van der Waals surface area (Å²) in [5, 5.41) is 8.28. The maximum atomic E-state index is 11.7. The van der Waals surface area contributed by atoms with Gasteiger partial charge in [0.05, 0.1) is 7.11 Å². The van der Waals surface area contributed by atoms with Crippen molar-refractivity contribution in [2.45, 2.75) is 13.5 Å². The first-order valence-electron chi connectivity index (χ1n) is 6.36. The molecule has 2 rings (SSSR count). The van der Waals surface area contributed by atoms with Crippen molar-refractivity contribution in [1.29, 1.82) is 0 Å². The van der Waals surface area contributed by atoms with Crippen LogP contribution in [0.3, 0.4) is 0 Å². The highest BCUT2D eigenvalue weighted by Gasteiger charge is 2.09. The van der Waals surface area contributed by atoms with Crippen LogP contribution >= 0.6 is 0 Å². The quantitative estimate of drug-likeness (QED) is 0.813. The monoisotopic (exact) mass is 276 g/mol. The molecule has 0 spiro atoms. The van der Waals surface area contributed by atoms with Gasteiger partial charge in [0.1, 0.15) is 18.1 Å². The van der Waals surface area contributed by atoms with Gasteiger partial charge in [-0.1, -0.05) is 17.3 Å². The molecule has 0 bridgehead atoms. The molecular formula is C14H18N3O3+. The molecule has 1 amide bonds. The van der Waals surface area contributed by atoms with E-state index in [9.17, 15) is 4.79 Å². The highest BCUT2D eigenvalue weighted by atomic mass is 16.5. The lowest BCUT2D eigenvalue weighted by molar-refractivity contribution is -0.659. The van der Waals surface area contributed by atoms with Gasteiger partial charge in [-0.25, -0.2) is 0 Å². The number of methoxy groups -OCH3 is 1. The summed E-state index contributed by atoms with van der Waals surface area (Å²) in [6.45, 7) is 2.76. The number of nitrogens with two attached hydrogens (primary N) is 1. The van der Waals surface area contributed by atoms with E-state index >= 15 is 0 Å². The van der Waals surface area contributed by atoms with Crippen molar-refractivity contribution in [3.63, 3.8) is 0 Å². The van der Waals surface area contributed by atoms with E-state index in [1.165, 1.54) is 0 Å². The Bertz CT molecular complexity index is 581. The lowest BCUT2D eigenvalue weighted by Crippen LogP contribution is -2.84. The Morgan fingerprint density at radius 3 is 2.95 bits per heavy atom. The summed E-state index contributed by atoms with van der Waals surface area (Å²) in [6.07, 6.45) is 0. The van der Waals surface area contributed by atoms with Gasteiger partial charge in [0, 0.05) is 11.6 Å². The lowest BCUT2D eigenvalue weighted by Gasteiger charge is -2.06. The van der Waals surface area contributed by atoms with Gasteiger partial charge in [0.15, 0.2) is 12.4 Å². The van der Waals surface area contributed by atoms with Crippen LogP contribution in [-0.2, 0) is 11.3 Å². The normalized spacial score (nSPS) is 10.3. The number of para-hydroxylation sites is 1. The van der Waals surface area contributed by atoms with Crippen LogP contribution in [0.25, 0.3) is 0 Å². The second kappa shape index (κ2) is 6.72. The smallest absolute Gasteiger partial charge is 0.280 e. The number of nitrogens with one attached hydrogen (secondary N) is 1. The fraction of sp³-hybridized carbons (Fsp3) is 0.286. The maximum absolute atomic E-state index is 11.7. The Balaban J connectivity index is 1.79. The molecule has 0 radical (unpaired) electrons. The molecule has 106 valence electrons. The molecule has 6 nitrogen and oxygen atoms in total. The molecule has 0 aliphatic rings. The maximum Gasteiger partial charge on any atom is 0.280 e. The molecule has 3 N–H and O–H groups in total. The first-order valence-corrected chi connectivity index (χ1v) is 6.36. The van der Waals surface area contributed by atoms with Crippen molar-refractivity contribution in [2.24, 2.45) is 0 Å².